The van der Waals surface area contributed by atoms with Gasteiger partial charge in [0.25, 0.3) is 0 Å². The van der Waals surface area contributed by atoms with Crippen LogP contribution in [0.4, 0.5) is 5.69 Å². The third-order valence-electron chi connectivity index (χ3n) is 2.77. The van der Waals surface area contributed by atoms with Gasteiger partial charge in [0.15, 0.2) is 5.15 Å². The molecule has 0 aliphatic carbocycles. The summed E-state index contributed by atoms with van der Waals surface area (Å²) in [7, 11) is 0. The van der Waals surface area contributed by atoms with Crippen molar-refractivity contribution < 1.29 is 0 Å². The number of pyridine rings is 1. The van der Waals surface area contributed by atoms with E-state index in [-0.39, 0.29) is 0 Å². The summed E-state index contributed by atoms with van der Waals surface area (Å²) in [4.78, 5) is 4.08. The lowest BCUT2D eigenvalue weighted by Crippen LogP contribution is -2.02. The molecule has 94 valence electrons. The van der Waals surface area contributed by atoms with Crippen molar-refractivity contribution in [3.63, 3.8) is 0 Å². The Bertz CT molecular complexity index is 570. The van der Waals surface area contributed by atoms with E-state index in [4.69, 9.17) is 11.6 Å². The van der Waals surface area contributed by atoms with Crippen molar-refractivity contribution in [2.24, 2.45) is 0 Å². The molecule has 0 saturated heterocycles. The SMILES string of the molecule is Cc1ccc(CNc2cc(Br)cnc2Cl)c(C)c1. The van der Waals surface area contributed by atoms with Gasteiger partial charge in [0.1, 0.15) is 0 Å². The van der Waals surface area contributed by atoms with Crippen molar-refractivity contribution in [3.05, 3.63) is 56.8 Å². The van der Waals surface area contributed by atoms with Crippen molar-refractivity contribution in [1.29, 1.82) is 0 Å². The number of rotatable bonds is 3. The highest BCUT2D eigenvalue weighted by Gasteiger charge is 2.03. The van der Waals surface area contributed by atoms with Gasteiger partial charge in [-0.15, -0.1) is 0 Å². The van der Waals surface area contributed by atoms with Crippen LogP contribution in [0.25, 0.3) is 0 Å². The fourth-order valence-corrected chi connectivity index (χ4v) is 2.28. The molecule has 1 N–H and O–H groups in total. The molecule has 1 aromatic carbocycles. The first kappa shape index (κ1) is 13.4. The molecule has 0 aliphatic rings. The molecule has 1 aromatic heterocycles. The number of nitrogens with zero attached hydrogens (tertiary/aromatic N) is 1. The van der Waals surface area contributed by atoms with E-state index in [1.54, 1.807) is 6.20 Å². The summed E-state index contributed by atoms with van der Waals surface area (Å²) < 4.78 is 0.912. The highest BCUT2D eigenvalue weighted by atomic mass is 79.9. The van der Waals surface area contributed by atoms with Crippen molar-refractivity contribution in [1.82, 2.24) is 4.98 Å². The lowest BCUT2D eigenvalue weighted by atomic mass is 10.1. The minimum atomic E-state index is 0.489. The number of aromatic nitrogens is 1. The summed E-state index contributed by atoms with van der Waals surface area (Å²) in [5, 5.41) is 3.79. The van der Waals surface area contributed by atoms with Crippen molar-refractivity contribution >= 4 is 33.2 Å². The zero-order valence-electron chi connectivity index (χ0n) is 10.3. The average Bonchev–Trinajstić information content (AvgIpc) is 2.32. The molecule has 0 bridgehead atoms. The third kappa shape index (κ3) is 3.24. The number of hydrogen-bond acceptors (Lipinski definition) is 2. The molecule has 0 unspecified atom stereocenters. The maximum atomic E-state index is 6.03. The Hall–Kier alpha value is -1.06. The van der Waals surface area contributed by atoms with E-state index in [0.717, 1.165) is 16.7 Å². The number of anilines is 1. The van der Waals surface area contributed by atoms with E-state index in [1.807, 2.05) is 6.07 Å². The van der Waals surface area contributed by atoms with Crippen molar-refractivity contribution in [2.45, 2.75) is 20.4 Å². The van der Waals surface area contributed by atoms with Gasteiger partial charge in [0, 0.05) is 17.2 Å². The summed E-state index contributed by atoms with van der Waals surface area (Å²) in [5.41, 5.74) is 4.66. The van der Waals surface area contributed by atoms with Gasteiger partial charge >= 0.3 is 0 Å². The van der Waals surface area contributed by atoms with E-state index in [0.29, 0.717) is 5.15 Å². The van der Waals surface area contributed by atoms with Gasteiger partial charge in [0.2, 0.25) is 0 Å². The Morgan fingerprint density at radius 1 is 1.28 bits per heavy atom. The molecular weight excluding hydrogens is 312 g/mol. The molecule has 0 atom stereocenters. The van der Waals surface area contributed by atoms with Gasteiger partial charge < -0.3 is 5.32 Å². The number of halogens is 2. The molecule has 2 nitrogen and oxygen atoms in total. The van der Waals surface area contributed by atoms with E-state index in [2.05, 4.69) is 58.3 Å². The predicted octanol–water partition coefficient (Wildman–Crippen LogP) is 4.73. The topological polar surface area (TPSA) is 24.9 Å². The smallest absolute Gasteiger partial charge is 0.152 e. The van der Waals surface area contributed by atoms with Crippen LogP contribution in [0.1, 0.15) is 16.7 Å². The molecule has 2 rings (SSSR count). The third-order valence-corrected chi connectivity index (χ3v) is 3.51. The fourth-order valence-electron chi connectivity index (χ4n) is 1.78. The van der Waals surface area contributed by atoms with E-state index in [9.17, 15) is 0 Å². The van der Waals surface area contributed by atoms with Crippen LogP contribution in [0.3, 0.4) is 0 Å². The Morgan fingerprint density at radius 3 is 2.78 bits per heavy atom. The van der Waals surface area contributed by atoms with Crippen LogP contribution in [-0.4, -0.2) is 4.98 Å². The Balaban J connectivity index is 2.13. The number of aryl methyl sites for hydroxylation is 2. The molecule has 4 heteroatoms. The monoisotopic (exact) mass is 324 g/mol. The van der Waals surface area contributed by atoms with E-state index < -0.39 is 0 Å². The van der Waals surface area contributed by atoms with Crippen molar-refractivity contribution in [2.75, 3.05) is 5.32 Å². The first-order valence-corrected chi connectivity index (χ1v) is 6.84. The predicted molar refractivity (Wildman–Crippen MR) is 80.2 cm³/mol. The molecule has 2 aromatic rings. The molecular formula is C14H14BrClN2. The normalized spacial score (nSPS) is 10.4. The van der Waals surface area contributed by atoms with Gasteiger partial charge in [-0.25, -0.2) is 4.98 Å². The summed E-state index contributed by atoms with van der Waals surface area (Å²) in [6.45, 7) is 4.95. The van der Waals surface area contributed by atoms with Gasteiger partial charge in [-0.3, -0.25) is 0 Å². The maximum Gasteiger partial charge on any atom is 0.152 e. The van der Waals surface area contributed by atoms with Gasteiger partial charge in [-0.2, -0.15) is 0 Å². The molecule has 18 heavy (non-hydrogen) atoms. The molecule has 0 saturated carbocycles. The first-order valence-electron chi connectivity index (χ1n) is 5.67. The van der Waals surface area contributed by atoms with Crippen LogP contribution in [0.2, 0.25) is 5.15 Å². The second-order valence-electron chi connectivity index (χ2n) is 4.28. The quantitative estimate of drug-likeness (QED) is 0.825. The van der Waals surface area contributed by atoms with E-state index in [1.165, 1.54) is 16.7 Å². The second kappa shape index (κ2) is 5.72. The minimum Gasteiger partial charge on any atom is -0.378 e. The Kier molecular flexibility index (Phi) is 4.25. The van der Waals surface area contributed by atoms with Crippen LogP contribution in [-0.2, 0) is 6.54 Å². The summed E-state index contributed by atoms with van der Waals surface area (Å²) in [5.74, 6) is 0. The van der Waals surface area contributed by atoms with Crippen LogP contribution < -0.4 is 5.32 Å². The maximum absolute atomic E-state index is 6.03. The van der Waals surface area contributed by atoms with Gasteiger partial charge in [0.05, 0.1) is 5.69 Å². The van der Waals surface area contributed by atoms with Gasteiger partial charge in [-0.1, -0.05) is 35.4 Å². The molecule has 0 radical (unpaired) electrons. The fraction of sp³-hybridized carbons (Fsp3) is 0.214. The van der Waals surface area contributed by atoms with Crippen LogP contribution in [0.15, 0.2) is 34.9 Å². The highest BCUT2D eigenvalue weighted by Crippen LogP contribution is 2.24. The standard InChI is InChI=1S/C14H14BrClN2/c1-9-3-4-11(10(2)5-9)7-17-13-6-12(15)8-18-14(13)16/h3-6,8,17H,7H2,1-2H3. The zero-order valence-corrected chi connectivity index (χ0v) is 12.6. The lowest BCUT2D eigenvalue weighted by Gasteiger charge is -2.11. The first-order chi connectivity index (χ1) is 8.56. The number of benzene rings is 1. The van der Waals surface area contributed by atoms with Gasteiger partial charge in [-0.05, 0) is 47.0 Å². The Morgan fingerprint density at radius 2 is 2.06 bits per heavy atom. The molecule has 0 aliphatic heterocycles. The minimum absolute atomic E-state index is 0.489. The zero-order chi connectivity index (χ0) is 13.1. The summed E-state index contributed by atoms with van der Waals surface area (Å²) >= 11 is 9.42. The summed E-state index contributed by atoms with van der Waals surface area (Å²) in [6, 6.07) is 8.36. The van der Waals surface area contributed by atoms with Crippen LogP contribution in [0.5, 0.6) is 0 Å². The molecule has 0 fully saturated rings. The molecule has 0 spiro atoms. The highest BCUT2D eigenvalue weighted by molar-refractivity contribution is 9.10. The van der Waals surface area contributed by atoms with Crippen LogP contribution in [0, 0.1) is 13.8 Å². The summed E-state index contributed by atoms with van der Waals surface area (Å²) in [6.07, 6.45) is 1.69. The number of nitrogens with one attached hydrogen (secondary N) is 1. The lowest BCUT2D eigenvalue weighted by molar-refractivity contribution is 1.10. The molecule has 0 amide bonds. The average molecular weight is 326 g/mol. The number of hydrogen-bond donors (Lipinski definition) is 1. The van der Waals surface area contributed by atoms with Crippen molar-refractivity contribution in [3.8, 4) is 0 Å². The Labute approximate surface area is 121 Å². The van der Waals surface area contributed by atoms with E-state index >= 15 is 0 Å². The second-order valence-corrected chi connectivity index (χ2v) is 5.55. The van der Waals surface area contributed by atoms with Crippen LogP contribution >= 0.6 is 27.5 Å². The largest absolute Gasteiger partial charge is 0.378 e. The molecule has 1 heterocycles.